The molecule has 1 saturated heterocycles. The van der Waals surface area contributed by atoms with Gasteiger partial charge in [-0.05, 0) is 18.2 Å². The summed E-state index contributed by atoms with van der Waals surface area (Å²) in [6, 6.07) is 6.70. The van der Waals surface area contributed by atoms with Gasteiger partial charge in [-0.25, -0.2) is 9.59 Å². The summed E-state index contributed by atoms with van der Waals surface area (Å²) < 4.78 is 17.1. The third kappa shape index (κ3) is 3.26. The summed E-state index contributed by atoms with van der Waals surface area (Å²) >= 11 is 0. The molecule has 7 heteroatoms. The average molecular weight is 304 g/mol. The van der Waals surface area contributed by atoms with Gasteiger partial charge in [-0.2, -0.15) is 0 Å². The van der Waals surface area contributed by atoms with Crippen molar-refractivity contribution in [1.29, 1.82) is 0 Å². The Kier molecular flexibility index (Phi) is 4.36. The number of esters is 1. The number of nitrogens with one attached hydrogen (secondary N) is 1. The molecule has 0 saturated carbocycles. The summed E-state index contributed by atoms with van der Waals surface area (Å²) in [4.78, 5) is 26.2. The van der Waals surface area contributed by atoms with E-state index in [-0.39, 0.29) is 18.6 Å². The maximum atomic E-state index is 12.0. The van der Waals surface area contributed by atoms with E-state index in [9.17, 15) is 9.59 Å². The number of nitrogens with zero attached hydrogens (tertiary/aromatic N) is 1. The van der Waals surface area contributed by atoms with Gasteiger partial charge in [0.05, 0.1) is 31.1 Å². The summed E-state index contributed by atoms with van der Waals surface area (Å²) in [7, 11) is 0. The normalized spacial score (nSPS) is 15.1. The second-order valence-corrected chi connectivity index (χ2v) is 4.78. The van der Waals surface area contributed by atoms with Crippen LogP contribution < -0.4 is 5.69 Å². The van der Waals surface area contributed by atoms with E-state index in [2.05, 4.69) is 4.98 Å². The Balaban J connectivity index is 1.63. The first-order chi connectivity index (χ1) is 10.7. The van der Waals surface area contributed by atoms with Gasteiger partial charge in [0.25, 0.3) is 0 Å². The highest BCUT2D eigenvalue weighted by Gasteiger charge is 2.17. The maximum Gasteiger partial charge on any atom is 0.338 e. The van der Waals surface area contributed by atoms with E-state index in [1.54, 1.807) is 30.5 Å². The van der Waals surface area contributed by atoms with E-state index < -0.39 is 5.97 Å². The smallest absolute Gasteiger partial charge is 0.338 e. The summed E-state index contributed by atoms with van der Waals surface area (Å²) in [6.45, 7) is 1.37. The van der Waals surface area contributed by atoms with Crippen molar-refractivity contribution in [3.8, 4) is 5.69 Å². The lowest BCUT2D eigenvalue weighted by molar-refractivity contribution is -0.0572. The quantitative estimate of drug-likeness (QED) is 0.836. The minimum atomic E-state index is -0.441. The number of H-pyrrole nitrogens is 1. The minimum Gasteiger partial charge on any atom is -0.462 e. The van der Waals surface area contributed by atoms with Crippen LogP contribution in [0.25, 0.3) is 5.69 Å². The van der Waals surface area contributed by atoms with Crippen molar-refractivity contribution in [2.45, 2.75) is 12.7 Å². The van der Waals surface area contributed by atoms with Crippen LogP contribution in [-0.4, -0.2) is 41.6 Å². The highest BCUT2D eigenvalue weighted by Crippen LogP contribution is 2.12. The number of carbonyl (C=O) groups is 1. The van der Waals surface area contributed by atoms with Crippen LogP contribution in [0.5, 0.6) is 0 Å². The van der Waals surface area contributed by atoms with Gasteiger partial charge in [0.1, 0.15) is 0 Å². The standard InChI is InChI=1S/C15H16N2O5/c18-14(22-7-4-13-20-8-9-21-13)11-2-1-3-12(10-11)17-6-5-16-15(17)19/h1-3,5-6,10,13H,4,7-9H2,(H,16,19). The van der Waals surface area contributed by atoms with Gasteiger partial charge in [0.2, 0.25) is 0 Å². The molecular weight excluding hydrogens is 288 g/mol. The molecule has 22 heavy (non-hydrogen) atoms. The Bertz CT molecular complexity index is 700. The average Bonchev–Trinajstić information content (AvgIpc) is 3.19. The van der Waals surface area contributed by atoms with Crippen LogP contribution >= 0.6 is 0 Å². The van der Waals surface area contributed by atoms with Gasteiger partial charge in [-0.3, -0.25) is 4.57 Å². The van der Waals surface area contributed by atoms with Crippen molar-refractivity contribution < 1.29 is 19.0 Å². The number of hydrogen-bond acceptors (Lipinski definition) is 5. The topological polar surface area (TPSA) is 82.6 Å². The first-order valence-corrected chi connectivity index (χ1v) is 7.01. The second kappa shape index (κ2) is 6.59. The molecule has 0 spiro atoms. The molecule has 0 unspecified atom stereocenters. The van der Waals surface area contributed by atoms with Gasteiger partial charge in [0, 0.05) is 18.8 Å². The van der Waals surface area contributed by atoms with Crippen molar-refractivity contribution >= 4 is 5.97 Å². The molecule has 1 aromatic carbocycles. The largest absolute Gasteiger partial charge is 0.462 e. The van der Waals surface area contributed by atoms with E-state index in [1.165, 1.54) is 10.8 Å². The molecule has 7 nitrogen and oxygen atoms in total. The van der Waals surface area contributed by atoms with Crippen molar-refractivity contribution in [1.82, 2.24) is 9.55 Å². The fourth-order valence-corrected chi connectivity index (χ4v) is 2.21. The zero-order valence-electron chi connectivity index (χ0n) is 11.9. The minimum absolute atomic E-state index is 0.220. The van der Waals surface area contributed by atoms with Crippen LogP contribution in [0.2, 0.25) is 0 Å². The number of imidazole rings is 1. The molecule has 1 aliphatic rings. The molecule has 2 aromatic rings. The number of hydrogen-bond donors (Lipinski definition) is 1. The van der Waals surface area contributed by atoms with Gasteiger partial charge < -0.3 is 19.2 Å². The predicted molar refractivity (Wildman–Crippen MR) is 77.0 cm³/mol. The van der Waals surface area contributed by atoms with Crippen molar-refractivity contribution in [2.75, 3.05) is 19.8 Å². The number of aromatic amines is 1. The van der Waals surface area contributed by atoms with E-state index in [1.807, 2.05) is 0 Å². The second-order valence-electron chi connectivity index (χ2n) is 4.78. The van der Waals surface area contributed by atoms with Gasteiger partial charge in [-0.15, -0.1) is 0 Å². The van der Waals surface area contributed by atoms with E-state index in [4.69, 9.17) is 14.2 Å². The van der Waals surface area contributed by atoms with Crippen LogP contribution in [0.15, 0.2) is 41.5 Å². The Morgan fingerprint density at radius 3 is 2.91 bits per heavy atom. The zero-order chi connectivity index (χ0) is 15.4. The molecule has 2 heterocycles. The molecule has 0 radical (unpaired) electrons. The van der Waals surface area contributed by atoms with Crippen molar-refractivity contribution in [2.24, 2.45) is 0 Å². The molecule has 1 aliphatic heterocycles. The molecule has 0 aliphatic carbocycles. The lowest BCUT2D eigenvalue weighted by Crippen LogP contribution is -2.16. The van der Waals surface area contributed by atoms with Crippen LogP contribution in [0.1, 0.15) is 16.8 Å². The molecular formula is C15H16N2O5. The highest BCUT2D eigenvalue weighted by molar-refractivity contribution is 5.90. The summed E-state index contributed by atoms with van der Waals surface area (Å²) in [5.41, 5.74) is 0.725. The SMILES string of the molecule is O=C(OCCC1OCCO1)c1cccc(-n2cc[nH]c2=O)c1. The fraction of sp³-hybridized carbons (Fsp3) is 0.333. The lowest BCUT2D eigenvalue weighted by atomic mass is 10.2. The summed E-state index contributed by atoms with van der Waals surface area (Å²) in [5.74, 6) is -0.441. The summed E-state index contributed by atoms with van der Waals surface area (Å²) in [5, 5.41) is 0. The van der Waals surface area contributed by atoms with Gasteiger partial charge in [-0.1, -0.05) is 6.07 Å². The Hall–Kier alpha value is -2.38. The number of carbonyl (C=O) groups excluding carboxylic acids is 1. The first-order valence-electron chi connectivity index (χ1n) is 7.01. The zero-order valence-corrected chi connectivity index (χ0v) is 11.9. The maximum absolute atomic E-state index is 12.0. The molecule has 116 valence electrons. The number of aromatic nitrogens is 2. The molecule has 0 bridgehead atoms. The van der Waals surface area contributed by atoms with Crippen LogP contribution in [0, 0.1) is 0 Å². The molecule has 0 atom stereocenters. The number of benzene rings is 1. The Morgan fingerprint density at radius 2 is 2.18 bits per heavy atom. The van der Waals surface area contributed by atoms with Crippen LogP contribution in [0.3, 0.4) is 0 Å². The van der Waals surface area contributed by atoms with E-state index in [0.29, 0.717) is 30.9 Å². The van der Waals surface area contributed by atoms with Gasteiger partial charge in [0.15, 0.2) is 6.29 Å². The molecule has 3 rings (SSSR count). The molecule has 0 amide bonds. The van der Waals surface area contributed by atoms with E-state index in [0.717, 1.165) is 0 Å². The molecule has 1 fully saturated rings. The van der Waals surface area contributed by atoms with Crippen molar-refractivity contribution in [3.63, 3.8) is 0 Å². The number of rotatable bonds is 5. The van der Waals surface area contributed by atoms with Gasteiger partial charge >= 0.3 is 11.7 Å². The predicted octanol–water partition coefficient (Wildman–Crippen LogP) is 1.09. The Morgan fingerprint density at radius 1 is 1.36 bits per heavy atom. The molecule has 1 N–H and O–H groups in total. The third-order valence-corrected chi connectivity index (χ3v) is 3.29. The Labute approximate surface area is 126 Å². The monoisotopic (exact) mass is 304 g/mol. The van der Waals surface area contributed by atoms with Crippen LogP contribution in [0.4, 0.5) is 0 Å². The first kappa shape index (κ1) is 14.6. The third-order valence-electron chi connectivity index (χ3n) is 3.29. The number of ether oxygens (including phenoxy) is 3. The summed E-state index contributed by atoms with van der Waals surface area (Å²) in [6.07, 6.45) is 3.34. The highest BCUT2D eigenvalue weighted by atomic mass is 16.7. The van der Waals surface area contributed by atoms with E-state index >= 15 is 0 Å². The van der Waals surface area contributed by atoms with Crippen molar-refractivity contribution in [3.05, 3.63) is 52.7 Å². The fourth-order valence-electron chi connectivity index (χ4n) is 2.21. The molecule has 1 aromatic heterocycles. The van der Waals surface area contributed by atoms with Crippen LogP contribution in [-0.2, 0) is 14.2 Å². The lowest BCUT2D eigenvalue weighted by Gasteiger charge is -2.10.